The highest BCUT2D eigenvalue weighted by Crippen LogP contribution is 2.41. The van der Waals surface area contributed by atoms with Gasteiger partial charge in [0.15, 0.2) is 0 Å². The maximum atomic E-state index is 12.1. The summed E-state index contributed by atoms with van der Waals surface area (Å²) >= 11 is 4.36. The van der Waals surface area contributed by atoms with E-state index >= 15 is 0 Å². The summed E-state index contributed by atoms with van der Waals surface area (Å²) in [5.74, 6) is 0.261. The van der Waals surface area contributed by atoms with Crippen LogP contribution >= 0.6 is 35.7 Å². The first-order chi connectivity index (χ1) is 10.6. The Hall–Kier alpha value is -1.33. The van der Waals surface area contributed by atoms with E-state index in [0.29, 0.717) is 23.5 Å². The van der Waals surface area contributed by atoms with Crippen LogP contribution in [-0.2, 0) is 14.4 Å². The lowest BCUT2D eigenvalue weighted by atomic mass is 10.0. The van der Waals surface area contributed by atoms with Gasteiger partial charge < -0.3 is 10.4 Å². The molecule has 0 aromatic rings. The molecule has 118 valence electrons. The fourth-order valence-electron chi connectivity index (χ4n) is 2.33. The molecule has 3 aliphatic heterocycles. The van der Waals surface area contributed by atoms with E-state index in [1.165, 1.54) is 40.6 Å². The molecule has 0 aromatic heterocycles. The lowest BCUT2D eigenvalue weighted by molar-refractivity contribution is -0.149. The Labute approximate surface area is 139 Å². The maximum Gasteiger partial charge on any atom is 0.352 e. The number of carbonyl (C=O) groups is 3. The van der Waals surface area contributed by atoms with Gasteiger partial charge in [0.2, 0.25) is 6.41 Å². The van der Waals surface area contributed by atoms with Crippen molar-refractivity contribution in [2.45, 2.75) is 11.4 Å². The summed E-state index contributed by atoms with van der Waals surface area (Å²) in [6, 6.07) is -0.631. The van der Waals surface area contributed by atoms with Gasteiger partial charge in [-0.05, 0) is 29.5 Å². The van der Waals surface area contributed by atoms with Crippen LogP contribution in [0.5, 0.6) is 0 Å². The van der Waals surface area contributed by atoms with Gasteiger partial charge >= 0.3 is 5.97 Å². The van der Waals surface area contributed by atoms with Crippen LogP contribution in [0.25, 0.3) is 0 Å². The zero-order valence-corrected chi connectivity index (χ0v) is 13.6. The molecule has 0 aliphatic carbocycles. The van der Waals surface area contributed by atoms with Crippen LogP contribution in [0.3, 0.4) is 0 Å². The summed E-state index contributed by atoms with van der Waals surface area (Å²) in [5.41, 5.74) is 0.760. The summed E-state index contributed by atoms with van der Waals surface area (Å²) < 4.78 is 5.94. The Morgan fingerprint density at radius 1 is 1.64 bits per heavy atom. The van der Waals surface area contributed by atoms with Crippen molar-refractivity contribution >= 4 is 60.3 Å². The van der Waals surface area contributed by atoms with Crippen molar-refractivity contribution in [1.82, 2.24) is 14.5 Å². The number of hydrogen-bond donors (Lipinski definition) is 2. The fraction of sp³-hybridized carbons (Fsp3) is 0.455. The first-order valence-electron chi connectivity index (χ1n) is 6.28. The summed E-state index contributed by atoms with van der Waals surface area (Å²) in [5, 5.41) is 11.6. The van der Waals surface area contributed by atoms with Crippen molar-refractivity contribution in [3.05, 3.63) is 11.3 Å². The van der Waals surface area contributed by atoms with Gasteiger partial charge in [0.05, 0.1) is 5.88 Å². The standard InChI is InChI=1S/C11H12N4O4S3/c16-4-12-7-9(17)15-8(11(18)19)6(1-20-10(7)15)2-22-14-3-13-21-5-14/h3-4,7,10H,1-2,5H2,(H,12,16)(H,18,19)/t7?,10-/m1/s1. The minimum Gasteiger partial charge on any atom is -0.477 e. The minimum absolute atomic E-state index is 0.0500. The molecule has 0 bridgehead atoms. The van der Waals surface area contributed by atoms with Crippen LogP contribution in [-0.4, -0.2) is 67.7 Å². The van der Waals surface area contributed by atoms with Gasteiger partial charge in [-0.25, -0.2) is 9.19 Å². The monoisotopic (exact) mass is 360 g/mol. The molecule has 1 saturated heterocycles. The molecule has 8 nitrogen and oxygen atoms in total. The second kappa shape index (κ2) is 6.42. The third kappa shape index (κ3) is 2.68. The first kappa shape index (κ1) is 15.6. The number of nitrogens with zero attached hydrogens (tertiary/aromatic N) is 3. The number of carboxylic acid groups (broad SMARTS) is 1. The highest BCUT2D eigenvalue weighted by molar-refractivity contribution is 8.02. The number of hydrogen-bond acceptors (Lipinski definition) is 8. The smallest absolute Gasteiger partial charge is 0.352 e. The second-order valence-electron chi connectivity index (χ2n) is 4.60. The van der Waals surface area contributed by atoms with E-state index in [1.54, 1.807) is 6.34 Å². The van der Waals surface area contributed by atoms with Gasteiger partial charge in [0.1, 0.15) is 23.5 Å². The third-order valence-electron chi connectivity index (χ3n) is 3.34. The van der Waals surface area contributed by atoms with Crippen LogP contribution in [0.4, 0.5) is 0 Å². The highest BCUT2D eigenvalue weighted by atomic mass is 32.2. The molecule has 3 aliphatic rings. The summed E-state index contributed by atoms with van der Waals surface area (Å²) in [7, 11) is 0. The maximum absolute atomic E-state index is 12.1. The molecule has 0 saturated carbocycles. The molecule has 2 N–H and O–H groups in total. The van der Waals surface area contributed by atoms with Crippen LogP contribution in [0, 0.1) is 0 Å². The molecule has 0 aromatic carbocycles. The lowest BCUT2D eigenvalue weighted by Crippen LogP contribution is -2.69. The number of carboxylic acids is 1. The third-order valence-corrected chi connectivity index (χ3v) is 6.51. The first-order valence-corrected chi connectivity index (χ1v) is 9.21. The number of carbonyl (C=O) groups excluding carboxylic acids is 2. The zero-order chi connectivity index (χ0) is 15.7. The Bertz CT molecular complexity index is 582. The van der Waals surface area contributed by atoms with Crippen LogP contribution in [0.15, 0.2) is 15.7 Å². The molecule has 2 atom stereocenters. The van der Waals surface area contributed by atoms with Gasteiger partial charge in [-0.2, -0.15) is 0 Å². The number of fused-ring (bicyclic) bond motifs is 1. The topological polar surface area (TPSA) is 102 Å². The van der Waals surface area contributed by atoms with Crippen molar-refractivity contribution in [3.8, 4) is 0 Å². The van der Waals surface area contributed by atoms with Crippen molar-refractivity contribution in [1.29, 1.82) is 0 Å². The van der Waals surface area contributed by atoms with Crippen molar-refractivity contribution < 1.29 is 19.5 Å². The van der Waals surface area contributed by atoms with Gasteiger partial charge in [0.25, 0.3) is 5.91 Å². The van der Waals surface area contributed by atoms with Gasteiger partial charge in [-0.3, -0.25) is 18.8 Å². The largest absolute Gasteiger partial charge is 0.477 e. The Kier molecular flexibility index (Phi) is 4.54. The van der Waals surface area contributed by atoms with E-state index in [4.69, 9.17) is 0 Å². The number of amides is 2. The molecular weight excluding hydrogens is 348 g/mol. The van der Waals surface area contributed by atoms with E-state index in [1.807, 2.05) is 4.31 Å². The Morgan fingerprint density at radius 2 is 2.45 bits per heavy atom. The average molecular weight is 360 g/mol. The average Bonchev–Trinajstić information content (AvgIpc) is 3.02. The molecule has 3 heterocycles. The number of nitrogens with one attached hydrogen (secondary N) is 1. The zero-order valence-electron chi connectivity index (χ0n) is 11.2. The van der Waals surface area contributed by atoms with Gasteiger partial charge in [-0.1, -0.05) is 0 Å². The number of aliphatic carboxylic acids is 1. The van der Waals surface area contributed by atoms with Crippen molar-refractivity contribution in [2.75, 3.05) is 17.4 Å². The normalized spacial score (nSPS) is 26.8. The Balaban J connectivity index is 1.75. The molecule has 11 heteroatoms. The van der Waals surface area contributed by atoms with E-state index in [-0.39, 0.29) is 17.0 Å². The summed E-state index contributed by atoms with van der Waals surface area (Å²) in [6.45, 7) is 0. The molecule has 0 radical (unpaired) electrons. The van der Waals surface area contributed by atoms with Crippen LogP contribution in [0.1, 0.15) is 0 Å². The van der Waals surface area contributed by atoms with Crippen molar-refractivity contribution in [3.63, 3.8) is 0 Å². The highest BCUT2D eigenvalue weighted by Gasteiger charge is 2.53. The molecule has 22 heavy (non-hydrogen) atoms. The predicted molar refractivity (Wildman–Crippen MR) is 86.0 cm³/mol. The fourth-order valence-corrected chi connectivity index (χ4v) is 5.42. The van der Waals surface area contributed by atoms with Gasteiger partial charge in [-0.15, -0.1) is 11.8 Å². The van der Waals surface area contributed by atoms with E-state index in [9.17, 15) is 19.5 Å². The molecule has 1 fully saturated rings. The van der Waals surface area contributed by atoms with Crippen LogP contribution < -0.4 is 5.32 Å². The second-order valence-corrected chi connectivity index (χ2v) is 7.45. The molecular formula is C11H12N4O4S3. The molecule has 3 rings (SSSR count). The van der Waals surface area contributed by atoms with E-state index in [0.717, 1.165) is 5.88 Å². The number of β-lactam (4-membered cyclic amide) rings is 1. The lowest BCUT2D eigenvalue weighted by Gasteiger charge is -2.49. The quantitative estimate of drug-likeness (QED) is 0.386. The van der Waals surface area contributed by atoms with E-state index in [2.05, 4.69) is 9.71 Å². The van der Waals surface area contributed by atoms with E-state index < -0.39 is 12.0 Å². The Morgan fingerprint density at radius 3 is 3.09 bits per heavy atom. The minimum atomic E-state index is -1.11. The summed E-state index contributed by atoms with van der Waals surface area (Å²) in [6.07, 6.45) is 2.17. The molecule has 2 amide bonds. The van der Waals surface area contributed by atoms with Crippen LogP contribution in [0.2, 0.25) is 0 Å². The summed E-state index contributed by atoms with van der Waals surface area (Å²) in [4.78, 5) is 35.4. The molecule has 0 spiro atoms. The molecule has 1 unspecified atom stereocenters. The number of thioether (sulfide) groups is 1. The predicted octanol–water partition coefficient (Wildman–Crippen LogP) is -0.0474. The van der Waals surface area contributed by atoms with Gasteiger partial charge in [0, 0.05) is 11.5 Å². The number of rotatable bonds is 6. The SMILES string of the molecule is O=CNC1C(=O)N2C(C(=O)O)=C(CSN3C=NSC3)CS[C@H]12. The van der Waals surface area contributed by atoms with Crippen molar-refractivity contribution in [2.24, 2.45) is 4.40 Å².